The maximum Gasteiger partial charge on any atom is 0.211 e. The number of halogens is 1. The second-order valence-corrected chi connectivity index (χ2v) is 6.13. The summed E-state index contributed by atoms with van der Waals surface area (Å²) in [6.07, 6.45) is 0.868. The highest BCUT2D eigenvalue weighted by Crippen LogP contribution is 1.85. The fraction of sp³-hybridized carbons (Fsp3) is 0.917. The van der Waals surface area contributed by atoms with Crippen molar-refractivity contribution < 1.29 is 13.2 Å². The van der Waals surface area contributed by atoms with Crippen LogP contribution in [0.15, 0.2) is 4.99 Å². The van der Waals surface area contributed by atoms with E-state index in [1.165, 1.54) is 0 Å². The zero-order valence-electron chi connectivity index (χ0n) is 13.1. The van der Waals surface area contributed by atoms with Crippen molar-refractivity contribution in [3.8, 4) is 0 Å². The molecule has 0 amide bonds. The van der Waals surface area contributed by atoms with Crippen molar-refractivity contribution in [1.82, 2.24) is 15.4 Å². The zero-order chi connectivity index (χ0) is 15.3. The first kappa shape index (κ1) is 23.1. The average molecular weight is 436 g/mol. The first-order chi connectivity index (χ1) is 9.55. The van der Waals surface area contributed by atoms with Gasteiger partial charge in [0.1, 0.15) is 0 Å². The highest BCUT2D eigenvalue weighted by atomic mass is 127. The molecular formula is C12H29IN4O3S. The Balaban J connectivity index is 0. The summed E-state index contributed by atoms with van der Waals surface area (Å²) in [7, 11) is -3.12. The SMILES string of the molecule is CCNC(=NCCCOCC)NCCNS(=O)(=O)CC.I. The molecule has 0 aromatic rings. The van der Waals surface area contributed by atoms with Crippen LogP contribution in [0.5, 0.6) is 0 Å². The number of ether oxygens (including phenoxy) is 1. The number of nitrogens with one attached hydrogen (secondary N) is 3. The van der Waals surface area contributed by atoms with Crippen molar-refractivity contribution >= 4 is 40.0 Å². The van der Waals surface area contributed by atoms with Crippen LogP contribution in [0.2, 0.25) is 0 Å². The van der Waals surface area contributed by atoms with Crippen LogP contribution in [-0.4, -0.2) is 59.5 Å². The lowest BCUT2D eigenvalue weighted by molar-refractivity contribution is 0.146. The van der Waals surface area contributed by atoms with Crippen LogP contribution in [0.4, 0.5) is 0 Å². The van der Waals surface area contributed by atoms with Gasteiger partial charge >= 0.3 is 0 Å². The fourth-order valence-corrected chi connectivity index (χ4v) is 1.95. The third-order valence-corrected chi connectivity index (χ3v) is 3.79. The van der Waals surface area contributed by atoms with Gasteiger partial charge in [-0.25, -0.2) is 13.1 Å². The Kier molecular flexibility index (Phi) is 16.3. The molecule has 0 aliphatic carbocycles. The summed E-state index contributed by atoms with van der Waals surface area (Å²) in [5.74, 6) is 0.790. The van der Waals surface area contributed by atoms with Crippen molar-refractivity contribution in [2.45, 2.75) is 27.2 Å². The van der Waals surface area contributed by atoms with Crippen LogP contribution in [0.25, 0.3) is 0 Å². The van der Waals surface area contributed by atoms with E-state index in [4.69, 9.17) is 4.74 Å². The summed E-state index contributed by atoms with van der Waals surface area (Å²) >= 11 is 0. The van der Waals surface area contributed by atoms with E-state index in [9.17, 15) is 8.42 Å². The first-order valence-corrected chi connectivity index (χ1v) is 8.78. The summed E-state index contributed by atoms with van der Waals surface area (Å²) in [5.41, 5.74) is 0. The minimum absolute atomic E-state index is 0. The molecule has 0 saturated carbocycles. The number of sulfonamides is 1. The quantitative estimate of drug-likeness (QED) is 0.190. The molecule has 3 N–H and O–H groups in total. The van der Waals surface area contributed by atoms with E-state index in [0.29, 0.717) is 32.2 Å². The highest BCUT2D eigenvalue weighted by molar-refractivity contribution is 14.0. The maximum absolute atomic E-state index is 11.2. The van der Waals surface area contributed by atoms with Crippen molar-refractivity contribution in [2.75, 3.05) is 45.1 Å². The molecule has 0 heterocycles. The van der Waals surface area contributed by atoms with Crippen molar-refractivity contribution in [1.29, 1.82) is 0 Å². The lowest BCUT2D eigenvalue weighted by Crippen LogP contribution is -2.41. The third kappa shape index (κ3) is 14.6. The Morgan fingerprint density at radius 2 is 1.86 bits per heavy atom. The molecule has 0 rings (SSSR count). The zero-order valence-corrected chi connectivity index (χ0v) is 16.3. The smallest absolute Gasteiger partial charge is 0.211 e. The van der Waals surface area contributed by atoms with Crippen molar-refractivity contribution in [3.05, 3.63) is 0 Å². The van der Waals surface area contributed by atoms with Crippen LogP contribution in [0, 0.1) is 0 Å². The molecule has 0 bridgehead atoms. The lowest BCUT2D eigenvalue weighted by atomic mass is 10.4. The van der Waals surface area contributed by atoms with E-state index in [2.05, 4.69) is 20.3 Å². The van der Waals surface area contributed by atoms with E-state index in [1.807, 2.05) is 13.8 Å². The minimum atomic E-state index is -3.12. The van der Waals surface area contributed by atoms with Gasteiger partial charge in [-0.3, -0.25) is 4.99 Å². The van der Waals surface area contributed by atoms with Crippen LogP contribution in [-0.2, 0) is 14.8 Å². The van der Waals surface area contributed by atoms with Gasteiger partial charge < -0.3 is 15.4 Å². The number of hydrogen-bond donors (Lipinski definition) is 3. The van der Waals surface area contributed by atoms with Gasteiger partial charge in [-0.1, -0.05) is 0 Å². The Hall–Kier alpha value is -0.130. The molecular weight excluding hydrogens is 407 g/mol. The van der Waals surface area contributed by atoms with E-state index < -0.39 is 10.0 Å². The first-order valence-electron chi connectivity index (χ1n) is 7.13. The van der Waals surface area contributed by atoms with Gasteiger partial charge in [0.15, 0.2) is 5.96 Å². The average Bonchev–Trinajstić information content (AvgIpc) is 2.43. The second kappa shape index (κ2) is 14.8. The molecule has 0 aromatic carbocycles. The Morgan fingerprint density at radius 1 is 1.14 bits per heavy atom. The Labute approximate surface area is 145 Å². The van der Waals surface area contributed by atoms with Crippen LogP contribution in [0.3, 0.4) is 0 Å². The number of rotatable bonds is 11. The Morgan fingerprint density at radius 3 is 2.43 bits per heavy atom. The van der Waals surface area contributed by atoms with Gasteiger partial charge in [0, 0.05) is 39.4 Å². The van der Waals surface area contributed by atoms with E-state index >= 15 is 0 Å². The molecule has 0 aliphatic heterocycles. The Bertz CT molecular complexity index is 364. The predicted octanol–water partition coefficient (Wildman–Crippen LogP) is 0.525. The molecule has 0 saturated heterocycles. The number of guanidine groups is 1. The number of aliphatic imine (C=N–C) groups is 1. The van der Waals surface area contributed by atoms with Gasteiger partial charge in [0.2, 0.25) is 10.0 Å². The summed E-state index contributed by atoms with van der Waals surface area (Å²) in [6.45, 7) is 9.27. The molecule has 0 unspecified atom stereocenters. The minimum Gasteiger partial charge on any atom is -0.382 e. The van der Waals surface area contributed by atoms with E-state index in [-0.39, 0.29) is 29.7 Å². The standard InChI is InChI=1S/C12H28N4O3S.HI/c1-4-13-12(14-8-7-11-19-5-2)15-9-10-16-20(17,18)6-3;/h16H,4-11H2,1-3H3,(H2,13,14,15);1H. The van der Waals surface area contributed by atoms with Gasteiger partial charge in [-0.15, -0.1) is 24.0 Å². The van der Waals surface area contributed by atoms with Gasteiger partial charge in [-0.05, 0) is 27.2 Å². The third-order valence-electron chi connectivity index (χ3n) is 2.38. The lowest BCUT2D eigenvalue weighted by Gasteiger charge is -2.11. The molecule has 0 aliphatic rings. The number of hydrogen-bond acceptors (Lipinski definition) is 4. The fourth-order valence-electron chi connectivity index (χ4n) is 1.33. The molecule has 9 heteroatoms. The van der Waals surface area contributed by atoms with Gasteiger partial charge in [-0.2, -0.15) is 0 Å². The number of nitrogens with zero attached hydrogens (tertiary/aromatic N) is 1. The molecule has 0 atom stereocenters. The topological polar surface area (TPSA) is 91.8 Å². The molecule has 0 aromatic heterocycles. The summed E-state index contributed by atoms with van der Waals surface area (Å²) in [5, 5.41) is 6.19. The molecule has 0 radical (unpaired) electrons. The van der Waals surface area contributed by atoms with Crippen LogP contribution < -0.4 is 15.4 Å². The van der Waals surface area contributed by atoms with E-state index in [0.717, 1.165) is 19.6 Å². The monoisotopic (exact) mass is 436 g/mol. The molecule has 128 valence electrons. The van der Waals surface area contributed by atoms with Gasteiger partial charge in [0.05, 0.1) is 5.75 Å². The summed E-state index contributed by atoms with van der Waals surface area (Å²) < 4.78 is 30.2. The molecule has 7 nitrogen and oxygen atoms in total. The molecule has 21 heavy (non-hydrogen) atoms. The van der Waals surface area contributed by atoms with Crippen molar-refractivity contribution in [2.24, 2.45) is 4.99 Å². The summed E-state index contributed by atoms with van der Waals surface area (Å²) in [4.78, 5) is 4.38. The largest absolute Gasteiger partial charge is 0.382 e. The maximum atomic E-state index is 11.2. The molecule has 0 fully saturated rings. The van der Waals surface area contributed by atoms with Crippen LogP contribution in [0.1, 0.15) is 27.2 Å². The second-order valence-electron chi connectivity index (χ2n) is 4.04. The van der Waals surface area contributed by atoms with Gasteiger partial charge in [0.25, 0.3) is 0 Å². The van der Waals surface area contributed by atoms with Crippen molar-refractivity contribution in [3.63, 3.8) is 0 Å². The normalized spacial score (nSPS) is 11.9. The van der Waals surface area contributed by atoms with Crippen LogP contribution >= 0.6 is 24.0 Å². The van der Waals surface area contributed by atoms with E-state index in [1.54, 1.807) is 6.92 Å². The highest BCUT2D eigenvalue weighted by Gasteiger charge is 2.04. The summed E-state index contributed by atoms with van der Waals surface area (Å²) in [6, 6.07) is 0. The predicted molar refractivity (Wildman–Crippen MR) is 98.0 cm³/mol. The molecule has 0 spiro atoms.